The second kappa shape index (κ2) is 14.4. The number of hydrogen-bond acceptors (Lipinski definition) is 13. The highest BCUT2D eigenvalue weighted by Gasteiger charge is 2.54. The number of hydrogen-bond donors (Lipinski definition) is 1. The van der Waals surface area contributed by atoms with Gasteiger partial charge in [-0.25, -0.2) is 0 Å². The van der Waals surface area contributed by atoms with Crippen LogP contribution < -0.4 is 0 Å². The average Bonchev–Trinajstić information content (AvgIpc) is 2.82. The Hall–Kier alpha value is -3.03. The molecule has 1 saturated carbocycles. The van der Waals surface area contributed by atoms with Gasteiger partial charge in [0.05, 0.1) is 11.7 Å². The minimum atomic E-state index is -1.36. The molecule has 13 heteroatoms. The third-order valence-electron chi connectivity index (χ3n) is 7.44. The van der Waals surface area contributed by atoms with E-state index in [1.807, 2.05) is 20.8 Å². The zero-order chi connectivity index (χ0) is 32.0. The molecule has 1 N–H and O–H groups in total. The molecule has 2 aliphatic rings. The molecule has 0 aromatic heterocycles. The zero-order valence-corrected chi connectivity index (χ0v) is 25.7. The van der Waals surface area contributed by atoms with Gasteiger partial charge in [-0.3, -0.25) is 24.0 Å². The molecular weight excluding hydrogens is 556 g/mol. The predicted octanol–water partition coefficient (Wildman–Crippen LogP) is 2.15. The van der Waals surface area contributed by atoms with E-state index in [-0.39, 0.29) is 24.6 Å². The maximum absolute atomic E-state index is 12.0. The van der Waals surface area contributed by atoms with Crippen LogP contribution in [0.3, 0.4) is 0 Å². The van der Waals surface area contributed by atoms with E-state index in [1.54, 1.807) is 19.1 Å². The number of carbonyl (C=O) groups excluding carboxylic acids is 5. The van der Waals surface area contributed by atoms with Crippen LogP contribution in [0.2, 0.25) is 0 Å². The van der Waals surface area contributed by atoms with Crippen LogP contribution in [0.5, 0.6) is 0 Å². The average molecular weight is 601 g/mol. The first-order valence-corrected chi connectivity index (χ1v) is 13.9. The summed E-state index contributed by atoms with van der Waals surface area (Å²) in [7, 11) is 0. The summed E-state index contributed by atoms with van der Waals surface area (Å²) in [4.78, 5) is 59.0. The highest BCUT2D eigenvalue weighted by Crippen LogP contribution is 2.49. The SMILES string of the molecule is CC(=O)OC[C@H]1O[C@@H](O[C@H](C)/C=C/[C@@]2(O)[C@H](C)C[C@H](OC(C)=O)CC2(C)C)[C@H](OC(C)=O)[C@@H](OC(C)=O)[C@@H]1OC(C)=O. The van der Waals surface area contributed by atoms with Gasteiger partial charge in [-0.15, -0.1) is 0 Å². The van der Waals surface area contributed by atoms with E-state index in [2.05, 4.69) is 0 Å². The smallest absolute Gasteiger partial charge is 0.303 e. The molecule has 1 saturated heterocycles. The quantitative estimate of drug-likeness (QED) is 0.220. The Bertz CT molecular complexity index is 1040. The maximum atomic E-state index is 12.0. The van der Waals surface area contributed by atoms with Gasteiger partial charge in [-0.2, -0.15) is 0 Å². The van der Waals surface area contributed by atoms with Crippen LogP contribution in [0.4, 0.5) is 0 Å². The number of esters is 5. The first kappa shape index (κ1) is 35.2. The van der Waals surface area contributed by atoms with Crippen molar-refractivity contribution in [3.63, 3.8) is 0 Å². The van der Waals surface area contributed by atoms with E-state index >= 15 is 0 Å². The summed E-state index contributed by atoms with van der Waals surface area (Å²) in [6.45, 7) is 12.9. The van der Waals surface area contributed by atoms with E-state index in [9.17, 15) is 29.1 Å². The molecule has 238 valence electrons. The molecule has 0 aromatic rings. The van der Waals surface area contributed by atoms with Crippen LogP contribution in [0.1, 0.15) is 75.2 Å². The summed E-state index contributed by atoms with van der Waals surface area (Å²) < 4.78 is 38.8. The molecule has 0 spiro atoms. The minimum absolute atomic E-state index is 0.278. The molecule has 13 nitrogen and oxygen atoms in total. The van der Waals surface area contributed by atoms with Crippen molar-refractivity contribution in [1.29, 1.82) is 0 Å². The fourth-order valence-electron chi connectivity index (χ4n) is 5.61. The maximum Gasteiger partial charge on any atom is 0.303 e. The second-order valence-electron chi connectivity index (χ2n) is 11.5. The van der Waals surface area contributed by atoms with Crippen molar-refractivity contribution in [3.8, 4) is 0 Å². The van der Waals surface area contributed by atoms with Crippen LogP contribution in [0.25, 0.3) is 0 Å². The Morgan fingerprint density at radius 3 is 1.88 bits per heavy atom. The molecule has 2 fully saturated rings. The van der Waals surface area contributed by atoms with Crippen molar-refractivity contribution >= 4 is 29.8 Å². The molecule has 0 radical (unpaired) electrons. The van der Waals surface area contributed by atoms with E-state index in [1.165, 1.54) is 13.8 Å². The van der Waals surface area contributed by atoms with Gasteiger partial charge in [-0.1, -0.05) is 32.9 Å². The van der Waals surface area contributed by atoms with Gasteiger partial charge >= 0.3 is 29.8 Å². The standard InChI is InChI=1S/C29H44O13/c1-15-12-22(38-18(4)31)13-28(8,9)29(15,35)11-10-16(2)37-27-26(41-21(7)34)25(40-20(6)33)24(39-19(5)32)23(42-27)14-36-17(3)30/h10-11,15-16,22-27,35H,12-14H2,1-9H3/b11-10+/t15-,16-,22+,23-,24-,25+,26-,27-,29-/m1/s1. The summed E-state index contributed by atoms with van der Waals surface area (Å²) in [5, 5.41) is 11.7. The van der Waals surface area contributed by atoms with Gasteiger partial charge in [0, 0.05) is 40.0 Å². The summed E-state index contributed by atoms with van der Waals surface area (Å²) in [5.74, 6) is -3.52. The lowest BCUT2D eigenvalue weighted by Crippen LogP contribution is -2.63. The van der Waals surface area contributed by atoms with Crippen molar-refractivity contribution in [2.75, 3.05) is 6.61 Å². The van der Waals surface area contributed by atoms with Crippen molar-refractivity contribution in [1.82, 2.24) is 0 Å². The lowest BCUT2D eigenvalue weighted by Gasteiger charge is -2.51. The van der Waals surface area contributed by atoms with Gasteiger partial charge in [0.25, 0.3) is 0 Å². The van der Waals surface area contributed by atoms with E-state index in [0.717, 1.165) is 20.8 Å². The molecule has 0 bridgehead atoms. The Labute approximate surface area is 246 Å². The monoisotopic (exact) mass is 600 g/mol. The van der Waals surface area contributed by atoms with Crippen molar-refractivity contribution in [2.45, 2.75) is 124 Å². The first-order valence-electron chi connectivity index (χ1n) is 13.9. The van der Waals surface area contributed by atoms with Crippen LogP contribution in [-0.4, -0.2) is 90.1 Å². The van der Waals surface area contributed by atoms with Crippen molar-refractivity contribution in [2.24, 2.45) is 11.3 Å². The number of rotatable bonds is 10. The lowest BCUT2D eigenvalue weighted by molar-refractivity contribution is -0.312. The Balaban J connectivity index is 2.37. The minimum Gasteiger partial charge on any atom is -0.463 e. The number of ether oxygens (including phenoxy) is 7. The Kier molecular flexibility index (Phi) is 12.1. The van der Waals surface area contributed by atoms with E-state index < -0.39 is 71.7 Å². The van der Waals surface area contributed by atoms with Gasteiger partial charge in [0.1, 0.15) is 18.8 Å². The Morgan fingerprint density at radius 2 is 1.38 bits per heavy atom. The highest BCUT2D eigenvalue weighted by atomic mass is 16.7. The molecule has 0 aromatic carbocycles. The van der Waals surface area contributed by atoms with Gasteiger partial charge in [0.2, 0.25) is 0 Å². The summed E-state index contributed by atoms with van der Waals surface area (Å²) in [6, 6.07) is 0. The van der Waals surface area contributed by atoms with E-state index in [4.69, 9.17) is 33.2 Å². The molecule has 0 amide bonds. The van der Waals surface area contributed by atoms with Crippen LogP contribution in [-0.2, 0) is 57.1 Å². The summed E-state index contributed by atoms with van der Waals surface area (Å²) in [5.41, 5.74) is -1.96. The number of carbonyl (C=O) groups is 5. The fourth-order valence-corrected chi connectivity index (χ4v) is 5.61. The van der Waals surface area contributed by atoms with Gasteiger partial charge < -0.3 is 38.3 Å². The topological polar surface area (TPSA) is 170 Å². The van der Waals surface area contributed by atoms with Crippen LogP contribution in [0.15, 0.2) is 12.2 Å². The third kappa shape index (κ3) is 9.23. The molecule has 0 unspecified atom stereocenters. The molecule has 42 heavy (non-hydrogen) atoms. The van der Waals surface area contributed by atoms with Crippen LogP contribution >= 0.6 is 0 Å². The van der Waals surface area contributed by atoms with Gasteiger partial charge in [0.15, 0.2) is 24.6 Å². The van der Waals surface area contributed by atoms with E-state index in [0.29, 0.717) is 12.8 Å². The predicted molar refractivity (Wildman–Crippen MR) is 144 cm³/mol. The summed E-state index contributed by atoms with van der Waals surface area (Å²) >= 11 is 0. The molecule has 1 aliphatic carbocycles. The van der Waals surface area contributed by atoms with Crippen LogP contribution in [0, 0.1) is 11.3 Å². The molecule has 1 aliphatic heterocycles. The van der Waals surface area contributed by atoms with Crippen molar-refractivity contribution in [3.05, 3.63) is 12.2 Å². The third-order valence-corrected chi connectivity index (χ3v) is 7.44. The molecular formula is C29H44O13. The zero-order valence-electron chi connectivity index (χ0n) is 25.7. The molecule has 9 atom stereocenters. The largest absolute Gasteiger partial charge is 0.463 e. The molecule has 1 heterocycles. The van der Waals surface area contributed by atoms with Gasteiger partial charge in [-0.05, 0) is 25.7 Å². The fraction of sp³-hybridized carbons (Fsp3) is 0.759. The normalized spacial score (nSPS) is 33.2. The first-order chi connectivity index (χ1) is 19.4. The highest BCUT2D eigenvalue weighted by molar-refractivity contribution is 5.69. The molecule has 2 rings (SSSR count). The lowest BCUT2D eigenvalue weighted by atomic mass is 9.59. The number of aliphatic hydroxyl groups is 1. The summed E-state index contributed by atoms with van der Waals surface area (Å²) in [6.07, 6.45) is -3.43. The second-order valence-corrected chi connectivity index (χ2v) is 11.5. The van der Waals surface area contributed by atoms with Crippen molar-refractivity contribution < 1.29 is 62.2 Å². The Morgan fingerprint density at radius 1 is 0.857 bits per heavy atom.